The number of ether oxygens (including phenoxy) is 1. The third-order valence-electron chi connectivity index (χ3n) is 5.70. The maximum absolute atomic E-state index is 13.4. The first-order chi connectivity index (χ1) is 14.5. The van der Waals surface area contributed by atoms with Crippen molar-refractivity contribution in [3.8, 4) is 5.75 Å². The van der Waals surface area contributed by atoms with Gasteiger partial charge in [0.1, 0.15) is 5.75 Å². The van der Waals surface area contributed by atoms with Gasteiger partial charge in [0, 0.05) is 29.2 Å². The van der Waals surface area contributed by atoms with E-state index in [0.717, 1.165) is 29.7 Å². The van der Waals surface area contributed by atoms with Gasteiger partial charge in [0.05, 0.1) is 19.1 Å². The van der Waals surface area contributed by atoms with Gasteiger partial charge in [-0.1, -0.05) is 43.1 Å². The van der Waals surface area contributed by atoms with Crippen LogP contribution in [0.15, 0.2) is 42.5 Å². The number of piperidine rings is 1. The Balaban J connectivity index is 1.97. The van der Waals surface area contributed by atoms with Crippen LogP contribution in [0.4, 0.5) is 5.69 Å². The highest BCUT2D eigenvalue weighted by molar-refractivity contribution is 6.30. The molecular weight excluding hydrogens is 400 g/mol. The van der Waals surface area contributed by atoms with Crippen molar-refractivity contribution in [1.82, 2.24) is 4.90 Å². The highest BCUT2D eigenvalue weighted by Gasteiger charge is 2.41. The van der Waals surface area contributed by atoms with E-state index in [9.17, 15) is 9.59 Å². The number of amides is 2. The lowest BCUT2D eigenvalue weighted by atomic mass is 9.83. The monoisotopic (exact) mass is 428 g/mol. The molecule has 0 aliphatic carbocycles. The second-order valence-corrected chi connectivity index (χ2v) is 8.16. The van der Waals surface area contributed by atoms with Gasteiger partial charge in [0.25, 0.3) is 0 Å². The lowest BCUT2D eigenvalue weighted by Crippen LogP contribution is -2.47. The van der Waals surface area contributed by atoms with Crippen molar-refractivity contribution in [3.63, 3.8) is 0 Å². The molecule has 30 heavy (non-hydrogen) atoms. The predicted octanol–water partition coefficient (Wildman–Crippen LogP) is 5.38. The maximum atomic E-state index is 13.4. The Bertz CT molecular complexity index is 915. The molecule has 2 atom stereocenters. The molecule has 1 aliphatic rings. The zero-order valence-corrected chi connectivity index (χ0v) is 18.5. The molecule has 0 spiro atoms. The topological polar surface area (TPSA) is 58.6 Å². The SMILES string of the molecule is CCCCN1C(=O)CC[C@H](C(=O)Nc2ccc(Cl)cc2C)[C@H]1c1ccccc1OC. The average Bonchev–Trinajstić information content (AvgIpc) is 2.74. The standard InChI is InChI=1S/C24H29ClN2O3/c1-4-5-14-27-22(28)13-11-19(23(27)18-8-6-7-9-21(18)30-3)24(29)26-20-12-10-17(25)15-16(20)2/h6-10,12,15,19,23H,4-5,11,13-14H2,1-3H3,(H,26,29)/t19-,23+/m0/s1. The summed E-state index contributed by atoms with van der Waals surface area (Å²) in [5, 5.41) is 3.69. The van der Waals surface area contributed by atoms with E-state index >= 15 is 0 Å². The maximum Gasteiger partial charge on any atom is 0.229 e. The first-order valence-electron chi connectivity index (χ1n) is 10.5. The number of benzene rings is 2. The van der Waals surface area contributed by atoms with E-state index in [-0.39, 0.29) is 23.8 Å². The van der Waals surface area contributed by atoms with Crippen LogP contribution in [0.5, 0.6) is 5.75 Å². The Morgan fingerprint density at radius 1 is 1.27 bits per heavy atom. The predicted molar refractivity (Wildman–Crippen MR) is 120 cm³/mol. The number of carbonyl (C=O) groups is 2. The van der Waals surface area contributed by atoms with Crippen LogP contribution < -0.4 is 10.1 Å². The summed E-state index contributed by atoms with van der Waals surface area (Å²) in [6, 6.07) is 12.7. The second-order valence-electron chi connectivity index (χ2n) is 7.72. The Kier molecular flexibility index (Phi) is 7.38. The minimum atomic E-state index is -0.370. The molecule has 160 valence electrons. The van der Waals surface area contributed by atoms with Crippen molar-refractivity contribution < 1.29 is 14.3 Å². The number of nitrogens with zero attached hydrogens (tertiary/aromatic N) is 1. The Morgan fingerprint density at radius 3 is 2.73 bits per heavy atom. The van der Waals surface area contributed by atoms with Crippen molar-refractivity contribution in [2.24, 2.45) is 5.92 Å². The summed E-state index contributed by atoms with van der Waals surface area (Å²) in [6.45, 7) is 4.64. The molecule has 1 saturated heterocycles. The van der Waals surface area contributed by atoms with Crippen molar-refractivity contribution in [2.75, 3.05) is 19.0 Å². The third-order valence-corrected chi connectivity index (χ3v) is 5.93. The molecule has 0 aromatic heterocycles. The van der Waals surface area contributed by atoms with E-state index in [2.05, 4.69) is 12.2 Å². The number of likely N-dealkylation sites (tertiary alicyclic amines) is 1. The molecule has 0 saturated carbocycles. The summed E-state index contributed by atoms with van der Waals surface area (Å²) in [4.78, 5) is 28.1. The lowest BCUT2D eigenvalue weighted by molar-refractivity contribution is -0.142. The third kappa shape index (κ3) is 4.78. The summed E-state index contributed by atoms with van der Waals surface area (Å²) < 4.78 is 5.58. The highest BCUT2D eigenvalue weighted by atomic mass is 35.5. The molecule has 2 aromatic carbocycles. The summed E-state index contributed by atoms with van der Waals surface area (Å²) >= 11 is 6.05. The van der Waals surface area contributed by atoms with Crippen molar-refractivity contribution >= 4 is 29.1 Å². The number of anilines is 1. The molecule has 6 heteroatoms. The fourth-order valence-corrected chi connectivity index (χ4v) is 4.33. The number of halogens is 1. The van der Waals surface area contributed by atoms with E-state index in [1.54, 1.807) is 13.2 Å². The quantitative estimate of drug-likeness (QED) is 0.644. The van der Waals surface area contributed by atoms with E-state index < -0.39 is 0 Å². The molecule has 0 unspecified atom stereocenters. The smallest absolute Gasteiger partial charge is 0.229 e. The van der Waals surface area contributed by atoms with Crippen LogP contribution in [0.25, 0.3) is 0 Å². The molecule has 2 aromatic rings. The van der Waals surface area contributed by atoms with Crippen LogP contribution >= 0.6 is 11.6 Å². The highest BCUT2D eigenvalue weighted by Crippen LogP contribution is 2.41. The fourth-order valence-electron chi connectivity index (χ4n) is 4.11. The minimum Gasteiger partial charge on any atom is -0.496 e. The van der Waals surface area contributed by atoms with Gasteiger partial charge in [-0.25, -0.2) is 0 Å². The average molecular weight is 429 g/mol. The van der Waals surface area contributed by atoms with Gasteiger partial charge < -0.3 is 15.0 Å². The first-order valence-corrected chi connectivity index (χ1v) is 10.8. The Labute approximate surface area is 183 Å². The molecule has 0 radical (unpaired) electrons. The summed E-state index contributed by atoms with van der Waals surface area (Å²) in [5.41, 5.74) is 2.51. The number of rotatable bonds is 7. The Hall–Kier alpha value is -2.53. The van der Waals surface area contributed by atoms with Gasteiger partial charge in [-0.2, -0.15) is 0 Å². The van der Waals surface area contributed by atoms with Crippen molar-refractivity contribution in [2.45, 2.75) is 45.6 Å². The number of carbonyl (C=O) groups excluding carboxylic acids is 2. The number of methoxy groups -OCH3 is 1. The summed E-state index contributed by atoms with van der Waals surface area (Å²) in [6.07, 6.45) is 2.74. The van der Waals surface area contributed by atoms with Crippen LogP contribution in [-0.4, -0.2) is 30.4 Å². The molecule has 0 bridgehead atoms. The lowest BCUT2D eigenvalue weighted by Gasteiger charge is -2.41. The molecule has 3 rings (SSSR count). The first kappa shape index (κ1) is 22.2. The number of para-hydroxylation sites is 1. The largest absolute Gasteiger partial charge is 0.496 e. The van der Waals surface area contributed by atoms with E-state index in [0.29, 0.717) is 30.2 Å². The number of aryl methyl sites for hydroxylation is 1. The van der Waals surface area contributed by atoms with Gasteiger partial charge in [-0.05, 0) is 49.6 Å². The fraction of sp³-hybridized carbons (Fsp3) is 0.417. The number of hydrogen-bond donors (Lipinski definition) is 1. The number of nitrogens with one attached hydrogen (secondary N) is 1. The van der Waals surface area contributed by atoms with Crippen molar-refractivity contribution in [1.29, 1.82) is 0 Å². The van der Waals surface area contributed by atoms with Crippen LogP contribution in [0, 0.1) is 12.8 Å². The molecular formula is C24H29ClN2O3. The van der Waals surface area contributed by atoms with E-state index in [1.165, 1.54) is 0 Å². The van der Waals surface area contributed by atoms with Crippen LogP contribution in [0.2, 0.25) is 5.02 Å². The van der Waals surface area contributed by atoms with Gasteiger partial charge in [-0.15, -0.1) is 0 Å². The van der Waals surface area contributed by atoms with Gasteiger partial charge >= 0.3 is 0 Å². The van der Waals surface area contributed by atoms with Crippen LogP contribution in [-0.2, 0) is 9.59 Å². The minimum absolute atomic E-state index is 0.0890. The molecule has 1 aliphatic heterocycles. The zero-order chi connectivity index (χ0) is 21.7. The number of hydrogen-bond acceptors (Lipinski definition) is 3. The van der Waals surface area contributed by atoms with Gasteiger partial charge in [-0.3, -0.25) is 9.59 Å². The van der Waals surface area contributed by atoms with Crippen LogP contribution in [0.3, 0.4) is 0 Å². The number of unbranched alkanes of at least 4 members (excludes halogenated alkanes) is 1. The van der Waals surface area contributed by atoms with E-state index in [1.807, 2.05) is 48.2 Å². The summed E-state index contributed by atoms with van der Waals surface area (Å²) in [5.74, 6) is 0.321. The molecule has 1 heterocycles. The molecule has 1 N–H and O–H groups in total. The van der Waals surface area contributed by atoms with E-state index in [4.69, 9.17) is 16.3 Å². The Morgan fingerprint density at radius 2 is 2.03 bits per heavy atom. The van der Waals surface area contributed by atoms with Crippen molar-refractivity contribution in [3.05, 3.63) is 58.6 Å². The molecule has 5 nitrogen and oxygen atoms in total. The van der Waals surface area contributed by atoms with Gasteiger partial charge in [0.2, 0.25) is 11.8 Å². The zero-order valence-electron chi connectivity index (χ0n) is 17.8. The van der Waals surface area contributed by atoms with Crippen LogP contribution in [0.1, 0.15) is 49.8 Å². The normalized spacial score (nSPS) is 18.9. The molecule has 1 fully saturated rings. The summed E-state index contributed by atoms with van der Waals surface area (Å²) in [7, 11) is 1.62. The second kappa shape index (κ2) is 9.98. The van der Waals surface area contributed by atoms with Gasteiger partial charge in [0.15, 0.2) is 0 Å². The molecule has 2 amide bonds.